The molecule has 0 saturated carbocycles. The van der Waals surface area contributed by atoms with Crippen molar-refractivity contribution in [3.63, 3.8) is 0 Å². The van der Waals surface area contributed by atoms with Gasteiger partial charge in [-0.25, -0.2) is 9.79 Å². The lowest BCUT2D eigenvalue weighted by Gasteiger charge is -2.04. The van der Waals surface area contributed by atoms with E-state index in [-0.39, 0.29) is 11.6 Å². The van der Waals surface area contributed by atoms with E-state index in [1.807, 2.05) is 42.5 Å². The van der Waals surface area contributed by atoms with Gasteiger partial charge in [-0.2, -0.15) is 0 Å². The average molecular weight is 368 g/mol. The van der Waals surface area contributed by atoms with Crippen LogP contribution in [0.5, 0.6) is 0 Å². The number of esters is 1. The Labute approximate surface area is 154 Å². The second-order valence-corrected chi connectivity index (χ2v) is 6.29. The molecule has 1 aliphatic heterocycles. The molecule has 3 aromatic carbocycles. The molecule has 5 heteroatoms. The standard InChI is InChI=1S/C20H11Cl2NO2/c21-16-10-4-7-13(18(16)22)11-17-20(24)25-19(23-17)15-9-3-6-12-5-1-2-8-14(12)15/h1-11H. The molecule has 0 bridgehead atoms. The fourth-order valence-electron chi connectivity index (χ4n) is 2.72. The number of fused-ring (bicyclic) bond motifs is 1. The normalized spacial score (nSPS) is 15.5. The van der Waals surface area contributed by atoms with E-state index in [0.29, 0.717) is 15.6 Å². The summed E-state index contributed by atoms with van der Waals surface area (Å²) in [6.07, 6.45) is 1.58. The summed E-state index contributed by atoms with van der Waals surface area (Å²) in [5.74, 6) is -0.231. The quantitative estimate of drug-likeness (QED) is 0.443. The molecule has 0 spiro atoms. The van der Waals surface area contributed by atoms with Gasteiger partial charge in [-0.1, -0.05) is 71.7 Å². The van der Waals surface area contributed by atoms with Crippen LogP contribution >= 0.6 is 23.2 Å². The van der Waals surface area contributed by atoms with E-state index in [0.717, 1.165) is 16.3 Å². The minimum Gasteiger partial charge on any atom is -0.402 e. The Kier molecular flexibility index (Phi) is 4.04. The van der Waals surface area contributed by atoms with E-state index in [4.69, 9.17) is 27.9 Å². The van der Waals surface area contributed by atoms with E-state index in [2.05, 4.69) is 4.99 Å². The molecule has 0 aromatic heterocycles. The first-order valence-corrected chi connectivity index (χ1v) is 8.34. The predicted octanol–water partition coefficient (Wildman–Crippen LogP) is 5.49. The van der Waals surface area contributed by atoms with Gasteiger partial charge >= 0.3 is 5.97 Å². The van der Waals surface area contributed by atoms with Gasteiger partial charge in [0, 0.05) is 5.56 Å². The fourth-order valence-corrected chi connectivity index (χ4v) is 3.08. The number of carbonyl (C=O) groups excluding carboxylic acids is 1. The molecule has 0 aliphatic carbocycles. The van der Waals surface area contributed by atoms with E-state index in [1.165, 1.54) is 0 Å². The van der Waals surface area contributed by atoms with Gasteiger partial charge in [0.2, 0.25) is 5.90 Å². The van der Waals surface area contributed by atoms with Crippen molar-refractivity contribution in [1.82, 2.24) is 0 Å². The first kappa shape index (κ1) is 15.9. The van der Waals surface area contributed by atoms with E-state index in [9.17, 15) is 4.79 Å². The molecule has 1 heterocycles. The number of ether oxygens (including phenoxy) is 1. The van der Waals surface area contributed by atoms with Crippen LogP contribution in [0.2, 0.25) is 10.0 Å². The number of hydrogen-bond acceptors (Lipinski definition) is 3. The summed E-state index contributed by atoms with van der Waals surface area (Å²) in [7, 11) is 0. The number of halogens is 2. The summed E-state index contributed by atoms with van der Waals surface area (Å²) in [5.41, 5.74) is 1.57. The second kappa shape index (κ2) is 6.36. The van der Waals surface area contributed by atoms with Crippen molar-refractivity contribution in [2.24, 2.45) is 4.99 Å². The van der Waals surface area contributed by atoms with Crippen molar-refractivity contribution in [3.05, 3.63) is 87.5 Å². The summed E-state index contributed by atoms with van der Waals surface area (Å²) >= 11 is 12.2. The zero-order valence-corrected chi connectivity index (χ0v) is 14.4. The topological polar surface area (TPSA) is 38.7 Å². The third-order valence-corrected chi connectivity index (χ3v) is 4.75. The largest absolute Gasteiger partial charge is 0.402 e. The van der Waals surface area contributed by atoms with Crippen molar-refractivity contribution in [2.75, 3.05) is 0 Å². The maximum absolute atomic E-state index is 12.2. The highest BCUT2D eigenvalue weighted by atomic mass is 35.5. The van der Waals surface area contributed by atoms with Crippen LogP contribution in [-0.2, 0) is 9.53 Å². The van der Waals surface area contributed by atoms with Gasteiger partial charge in [0.15, 0.2) is 5.70 Å². The molecule has 1 aliphatic rings. The zero-order chi connectivity index (χ0) is 17.4. The van der Waals surface area contributed by atoms with Gasteiger partial charge in [-0.3, -0.25) is 0 Å². The van der Waals surface area contributed by atoms with Crippen molar-refractivity contribution in [3.8, 4) is 0 Å². The van der Waals surface area contributed by atoms with Crippen LogP contribution in [0.4, 0.5) is 0 Å². The average Bonchev–Trinajstić information content (AvgIpc) is 2.99. The molecule has 0 radical (unpaired) electrons. The number of carbonyl (C=O) groups is 1. The molecule has 0 N–H and O–H groups in total. The minimum absolute atomic E-state index is 0.187. The second-order valence-electron chi connectivity index (χ2n) is 5.51. The molecule has 0 saturated heterocycles. The molecule has 0 amide bonds. The Hall–Kier alpha value is -2.62. The lowest BCUT2D eigenvalue weighted by molar-refractivity contribution is -0.129. The van der Waals surface area contributed by atoms with Crippen LogP contribution in [0.15, 0.2) is 71.4 Å². The predicted molar refractivity (Wildman–Crippen MR) is 101 cm³/mol. The Morgan fingerprint density at radius 2 is 1.68 bits per heavy atom. The maximum Gasteiger partial charge on any atom is 0.363 e. The lowest BCUT2D eigenvalue weighted by Crippen LogP contribution is -2.05. The summed E-state index contributed by atoms with van der Waals surface area (Å²) in [4.78, 5) is 16.6. The van der Waals surface area contributed by atoms with Crippen molar-refractivity contribution >= 4 is 51.9 Å². The smallest absolute Gasteiger partial charge is 0.363 e. The highest BCUT2D eigenvalue weighted by Gasteiger charge is 2.25. The van der Waals surface area contributed by atoms with Crippen LogP contribution in [0.3, 0.4) is 0 Å². The summed E-state index contributed by atoms with van der Waals surface area (Å²) in [5, 5.41) is 2.81. The van der Waals surface area contributed by atoms with Crippen LogP contribution in [-0.4, -0.2) is 11.9 Å². The summed E-state index contributed by atoms with van der Waals surface area (Å²) in [6, 6.07) is 18.9. The van der Waals surface area contributed by atoms with Gasteiger partial charge in [0.25, 0.3) is 0 Å². The van der Waals surface area contributed by atoms with E-state index < -0.39 is 5.97 Å². The Morgan fingerprint density at radius 3 is 2.56 bits per heavy atom. The Morgan fingerprint density at radius 1 is 0.920 bits per heavy atom. The van der Waals surface area contributed by atoms with Gasteiger partial charge in [-0.15, -0.1) is 0 Å². The van der Waals surface area contributed by atoms with Crippen LogP contribution in [0, 0.1) is 0 Å². The first-order valence-electron chi connectivity index (χ1n) is 7.58. The van der Waals surface area contributed by atoms with Gasteiger partial charge in [0.1, 0.15) is 0 Å². The van der Waals surface area contributed by atoms with Gasteiger partial charge in [-0.05, 0) is 34.5 Å². The number of aliphatic imine (C=N–C) groups is 1. The van der Waals surface area contributed by atoms with Gasteiger partial charge < -0.3 is 4.74 Å². The summed E-state index contributed by atoms with van der Waals surface area (Å²) in [6.45, 7) is 0. The van der Waals surface area contributed by atoms with Crippen LogP contribution < -0.4 is 0 Å². The molecule has 122 valence electrons. The van der Waals surface area contributed by atoms with E-state index >= 15 is 0 Å². The number of rotatable bonds is 2. The number of hydrogen-bond donors (Lipinski definition) is 0. The first-order chi connectivity index (χ1) is 12.1. The molecule has 4 rings (SSSR count). The highest BCUT2D eigenvalue weighted by molar-refractivity contribution is 6.43. The number of nitrogens with zero attached hydrogens (tertiary/aromatic N) is 1. The molecule has 0 atom stereocenters. The molecule has 0 fully saturated rings. The molecular weight excluding hydrogens is 357 g/mol. The number of cyclic esters (lactones) is 1. The molecule has 3 nitrogen and oxygen atoms in total. The lowest BCUT2D eigenvalue weighted by atomic mass is 10.0. The van der Waals surface area contributed by atoms with Crippen LogP contribution in [0.1, 0.15) is 11.1 Å². The number of benzene rings is 3. The molecular formula is C20H11Cl2NO2. The molecule has 3 aromatic rings. The third-order valence-electron chi connectivity index (χ3n) is 3.91. The highest BCUT2D eigenvalue weighted by Crippen LogP contribution is 2.29. The minimum atomic E-state index is -0.515. The van der Waals surface area contributed by atoms with Crippen molar-refractivity contribution in [2.45, 2.75) is 0 Å². The third kappa shape index (κ3) is 2.93. The van der Waals surface area contributed by atoms with E-state index in [1.54, 1.807) is 24.3 Å². The summed E-state index contributed by atoms with van der Waals surface area (Å²) < 4.78 is 5.38. The monoisotopic (exact) mass is 367 g/mol. The van der Waals surface area contributed by atoms with Gasteiger partial charge in [0.05, 0.1) is 10.0 Å². The molecule has 0 unspecified atom stereocenters. The zero-order valence-electron chi connectivity index (χ0n) is 12.9. The maximum atomic E-state index is 12.2. The Bertz CT molecular complexity index is 1060. The van der Waals surface area contributed by atoms with Crippen LogP contribution in [0.25, 0.3) is 16.8 Å². The van der Waals surface area contributed by atoms with Crippen molar-refractivity contribution < 1.29 is 9.53 Å². The fraction of sp³-hybridized carbons (Fsp3) is 0. The Balaban J connectivity index is 1.80. The van der Waals surface area contributed by atoms with Crippen molar-refractivity contribution in [1.29, 1.82) is 0 Å². The molecule has 25 heavy (non-hydrogen) atoms. The SMILES string of the molecule is O=C1OC(c2cccc3ccccc23)=NC1=Cc1cccc(Cl)c1Cl.